The van der Waals surface area contributed by atoms with Gasteiger partial charge in [0.05, 0.1) is 23.9 Å². The number of nitrogens with one attached hydrogen (secondary N) is 1. The van der Waals surface area contributed by atoms with Crippen molar-refractivity contribution < 1.29 is 19.4 Å². The van der Waals surface area contributed by atoms with Crippen LogP contribution in [0.4, 0.5) is 0 Å². The second-order valence-corrected chi connectivity index (χ2v) is 7.08. The van der Waals surface area contributed by atoms with Gasteiger partial charge in [-0.3, -0.25) is 4.79 Å². The molecule has 1 heterocycles. The van der Waals surface area contributed by atoms with Gasteiger partial charge in [-0.15, -0.1) is 0 Å². The molecule has 1 spiro atoms. The second kappa shape index (κ2) is 11.0. The number of aliphatic hydroxyl groups is 1. The Bertz CT molecular complexity index is 804. The smallest absolute Gasteiger partial charge is 0.257 e. The van der Waals surface area contributed by atoms with Gasteiger partial charge in [0.15, 0.2) is 0 Å². The van der Waals surface area contributed by atoms with Crippen LogP contribution in [0.1, 0.15) is 58.9 Å². The predicted octanol–water partition coefficient (Wildman–Crippen LogP) is 4.67. The topological polar surface area (TPSA) is 80.2 Å². The van der Waals surface area contributed by atoms with Crippen LogP contribution in [0.15, 0.2) is 58.4 Å². The summed E-state index contributed by atoms with van der Waals surface area (Å²) in [6.45, 7) is 8.13. The van der Waals surface area contributed by atoms with E-state index in [2.05, 4.69) is 10.3 Å². The lowest BCUT2D eigenvalue weighted by atomic mass is 9.79. The molecule has 164 valence electrons. The number of nitrogens with zero attached hydrogens (tertiary/aromatic N) is 1. The van der Waals surface area contributed by atoms with Crippen LogP contribution in [0.5, 0.6) is 0 Å². The van der Waals surface area contributed by atoms with Crippen molar-refractivity contribution in [1.29, 1.82) is 0 Å². The monoisotopic (exact) mass is 414 g/mol. The third-order valence-corrected chi connectivity index (χ3v) is 5.44. The van der Waals surface area contributed by atoms with E-state index in [1.54, 1.807) is 20.1 Å². The molecular formula is C24H34N2O4. The number of methoxy groups -OCH3 is 1. The number of ether oxygens (including phenoxy) is 2. The van der Waals surface area contributed by atoms with Crippen molar-refractivity contribution in [3.63, 3.8) is 0 Å². The van der Waals surface area contributed by atoms with Crippen LogP contribution in [-0.4, -0.2) is 42.3 Å². The zero-order valence-corrected chi connectivity index (χ0v) is 18.7. The van der Waals surface area contributed by atoms with Gasteiger partial charge >= 0.3 is 0 Å². The molecule has 0 atom stereocenters. The zero-order valence-electron chi connectivity index (χ0n) is 18.7. The summed E-state index contributed by atoms with van der Waals surface area (Å²) >= 11 is 0. The Morgan fingerprint density at radius 1 is 1.27 bits per heavy atom. The molecule has 1 aliphatic carbocycles. The molecule has 0 radical (unpaired) electrons. The average molecular weight is 415 g/mol. The minimum absolute atomic E-state index is 0.0767. The van der Waals surface area contributed by atoms with Crippen molar-refractivity contribution in [2.24, 2.45) is 4.99 Å². The van der Waals surface area contributed by atoms with Crippen molar-refractivity contribution in [2.45, 2.75) is 65.0 Å². The number of hydrogen-bond acceptors (Lipinski definition) is 5. The highest BCUT2D eigenvalue weighted by molar-refractivity contribution is 6.03. The van der Waals surface area contributed by atoms with Crippen molar-refractivity contribution in [1.82, 2.24) is 5.32 Å². The summed E-state index contributed by atoms with van der Waals surface area (Å²) in [7, 11) is 1.70. The fourth-order valence-corrected chi connectivity index (χ4v) is 3.88. The van der Waals surface area contributed by atoms with Gasteiger partial charge in [0.25, 0.3) is 5.91 Å². The van der Waals surface area contributed by atoms with Crippen LogP contribution >= 0.6 is 0 Å². The third kappa shape index (κ3) is 4.93. The standard InChI is InChI=1S/C22H28N2O4.C2H6/c1-4-17(23-21(28-5-2)15-9-7-6-8-10-15)18-19(25)22(24-20(18)26)13-11-16(27-3)12-14-22;1-2/h4,6-10,16,25H,5,11-14H2,1-3H3,(H,24,26);1-2H3. The highest BCUT2D eigenvalue weighted by Crippen LogP contribution is 2.41. The maximum Gasteiger partial charge on any atom is 0.257 e. The van der Waals surface area contributed by atoms with Crippen LogP contribution in [0.2, 0.25) is 0 Å². The first kappa shape index (κ1) is 23.7. The maximum absolute atomic E-state index is 12.8. The number of carbonyl (C=O) groups is 1. The summed E-state index contributed by atoms with van der Waals surface area (Å²) in [4.78, 5) is 17.4. The lowest BCUT2D eigenvalue weighted by Gasteiger charge is -2.36. The van der Waals surface area contributed by atoms with Crippen LogP contribution < -0.4 is 5.32 Å². The number of rotatable bonds is 5. The van der Waals surface area contributed by atoms with Gasteiger partial charge in [0, 0.05) is 12.7 Å². The Kier molecular flexibility index (Phi) is 8.66. The van der Waals surface area contributed by atoms with Crippen molar-refractivity contribution in [2.75, 3.05) is 13.7 Å². The van der Waals surface area contributed by atoms with Crippen LogP contribution in [0.3, 0.4) is 0 Å². The van der Waals surface area contributed by atoms with Gasteiger partial charge in [0.1, 0.15) is 11.3 Å². The summed E-state index contributed by atoms with van der Waals surface area (Å²) in [6, 6.07) is 9.53. The van der Waals surface area contributed by atoms with E-state index in [0.29, 0.717) is 31.0 Å². The number of amides is 1. The second-order valence-electron chi connectivity index (χ2n) is 7.08. The molecule has 6 heteroatoms. The Balaban J connectivity index is 0.00000155. The number of aliphatic hydroxyl groups excluding tert-OH is 1. The van der Waals surface area contributed by atoms with Gasteiger partial charge in [-0.1, -0.05) is 38.1 Å². The third-order valence-electron chi connectivity index (χ3n) is 5.44. The van der Waals surface area contributed by atoms with Crippen LogP contribution in [0, 0.1) is 0 Å². The Labute approximate surface area is 179 Å². The summed E-state index contributed by atoms with van der Waals surface area (Å²) < 4.78 is 11.1. The van der Waals surface area contributed by atoms with E-state index in [0.717, 1.165) is 18.4 Å². The van der Waals surface area contributed by atoms with E-state index in [1.807, 2.05) is 51.1 Å². The van der Waals surface area contributed by atoms with Crippen LogP contribution in [-0.2, 0) is 14.3 Å². The summed E-state index contributed by atoms with van der Waals surface area (Å²) in [5.41, 5.74) is 0.737. The molecule has 30 heavy (non-hydrogen) atoms. The lowest BCUT2D eigenvalue weighted by molar-refractivity contribution is -0.118. The lowest BCUT2D eigenvalue weighted by Crippen LogP contribution is -2.48. The van der Waals surface area contributed by atoms with E-state index >= 15 is 0 Å². The number of hydrogen-bond donors (Lipinski definition) is 2. The van der Waals surface area contributed by atoms with Gasteiger partial charge < -0.3 is 19.9 Å². The van der Waals surface area contributed by atoms with E-state index in [-0.39, 0.29) is 23.3 Å². The first-order valence-corrected chi connectivity index (χ1v) is 10.8. The molecule has 1 fully saturated rings. The molecule has 1 aromatic rings. The molecule has 0 saturated heterocycles. The molecule has 1 saturated carbocycles. The molecule has 1 aliphatic heterocycles. The minimum atomic E-state index is -0.719. The quantitative estimate of drug-likeness (QED) is 0.542. The van der Waals surface area contributed by atoms with Crippen molar-refractivity contribution in [3.8, 4) is 0 Å². The zero-order chi connectivity index (χ0) is 22.1. The summed E-state index contributed by atoms with van der Waals surface area (Å²) in [5, 5.41) is 14.0. The normalized spacial score (nSPS) is 24.4. The molecule has 0 bridgehead atoms. The van der Waals surface area contributed by atoms with E-state index in [4.69, 9.17) is 9.47 Å². The molecule has 2 aliphatic rings. The first-order valence-electron chi connectivity index (χ1n) is 10.8. The van der Waals surface area contributed by atoms with Gasteiger partial charge in [-0.05, 0) is 51.7 Å². The van der Waals surface area contributed by atoms with Gasteiger partial charge in [-0.25, -0.2) is 4.99 Å². The number of benzene rings is 1. The van der Waals surface area contributed by atoms with Crippen LogP contribution in [0.25, 0.3) is 0 Å². The SMILES string of the molecule is CC.CC=C(N=C(OCC)c1ccccc1)C1=C(O)C2(CCC(OC)CC2)NC1=O. The van der Waals surface area contributed by atoms with Crippen molar-refractivity contribution >= 4 is 11.8 Å². The maximum atomic E-state index is 12.8. The Morgan fingerprint density at radius 2 is 1.90 bits per heavy atom. The molecule has 0 aromatic heterocycles. The number of carbonyl (C=O) groups excluding carboxylic acids is 1. The molecule has 1 aromatic carbocycles. The average Bonchev–Trinajstić information content (AvgIpc) is 3.03. The predicted molar refractivity (Wildman–Crippen MR) is 120 cm³/mol. The van der Waals surface area contributed by atoms with E-state index in [1.165, 1.54) is 0 Å². The highest BCUT2D eigenvalue weighted by Gasteiger charge is 2.48. The Hall–Kier alpha value is -2.60. The summed E-state index contributed by atoms with van der Waals surface area (Å²) in [5.74, 6) is 0.204. The number of aliphatic imine (C=N–C) groups is 1. The molecular weight excluding hydrogens is 380 g/mol. The van der Waals surface area contributed by atoms with Gasteiger partial charge in [-0.2, -0.15) is 0 Å². The number of allylic oxidation sites excluding steroid dienone is 1. The van der Waals surface area contributed by atoms with E-state index < -0.39 is 5.54 Å². The van der Waals surface area contributed by atoms with E-state index in [9.17, 15) is 9.90 Å². The molecule has 2 N–H and O–H groups in total. The largest absolute Gasteiger partial charge is 0.509 e. The Morgan fingerprint density at radius 3 is 2.43 bits per heavy atom. The summed E-state index contributed by atoms with van der Waals surface area (Å²) in [6.07, 6.45) is 4.76. The molecule has 6 nitrogen and oxygen atoms in total. The fraction of sp³-hybridized carbons (Fsp3) is 0.500. The first-order chi connectivity index (χ1) is 14.5. The molecule has 1 amide bonds. The van der Waals surface area contributed by atoms with Gasteiger partial charge in [0.2, 0.25) is 5.90 Å². The fourth-order valence-electron chi connectivity index (χ4n) is 3.88. The minimum Gasteiger partial charge on any atom is -0.509 e. The highest BCUT2D eigenvalue weighted by atomic mass is 16.5. The molecule has 3 rings (SSSR count). The van der Waals surface area contributed by atoms with Crippen molar-refractivity contribution in [3.05, 3.63) is 59.0 Å². The molecule has 0 unspecified atom stereocenters.